The summed E-state index contributed by atoms with van der Waals surface area (Å²) in [6, 6.07) is 0. The molecule has 0 aromatic carbocycles. The largest absolute Gasteiger partial charge is 0.756 e. The first-order valence-corrected chi connectivity index (χ1v) is 19.0. The predicted molar refractivity (Wildman–Crippen MR) is 190 cm³/mol. The van der Waals surface area contributed by atoms with Gasteiger partial charge in [-0.2, -0.15) is 0 Å². The smallest absolute Gasteiger partial charge is 0.306 e. The molecule has 0 aliphatic rings. The summed E-state index contributed by atoms with van der Waals surface area (Å²) in [5.74, 6) is -0.953. The lowest BCUT2D eigenvalue weighted by atomic mass is 10.1. The fraction of sp³-hybridized carbons (Fsp3) is 0.676. The Labute approximate surface area is 286 Å². The zero-order chi connectivity index (χ0) is 35.1. The average Bonchev–Trinajstić information content (AvgIpc) is 3.01. The Hall–Kier alpha value is -2.29. The summed E-state index contributed by atoms with van der Waals surface area (Å²) in [7, 11) is 1.10. The van der Waals surface area contributed by atoms with Gasteiger partial charge in [0.05, 0.1) is 27.7 Å². The van der Waals surface area contributed by atoms with Crippen LogP contribution in [0.15, 0.2) is 60.8 Å². The normalized spacial score (nSPS) is 14.6. The van der Waals surface area contributed by atoms with Crippen LogP contribution in [0.5, 0.6) is 0 Å². The first kappa shape index (κ1) is 44.7. The molecular formula is C37H64NO8P. The van der Waals surface area contributed by atoms with Gasteiger partial charge in [-0.15, -0.1) is 0 Å². The van der Waals surface area contributed by atoms with Crippen molar-refractivity contribution >= 4 is 19.8 Å². The van der Waals surface area contributed by atoms with Gasteiger partial charge in [0.25, 0.3) is 7.82 Å². The predicted octanol–water partition coefficient (Wildman–Crippen LogP) is 8.32. The maximum absolute atomic E-state index is 12.5. The van der Waals surface area contributed by atoms with Gasteiger partial charge < -0.3 is 27.9 Å². The molecule has 2 atom stereocenters. The van der Waals surface area contributed by atoms with Crippen molar-refractivity contribution < 1.29 is 42.1 Å². The molecule has 47 heavy (non-hydrogen) atoms. The molecule has 2 unspecified atom stereocenters. The summed E-state index contributed by atoms with van der Waals surface area (Å²) >= 11 is 0. The number of nitrogens with zero attached hydrogens (tertiary/aromatic N) is 1. The molecule has 9 nitrogen and oxygen atoms in total. The highest BCUT2D eigenvalue weighted by Gasteiger charge is 2.21. The number of phosphoric ester groups is 1. The third kappa shape index (κ3) is 33.4. The molecule has 0 spiro atoms. The van der Waals surface area contributed by atoms with E-state index >= 15 is 0 Å². The SMILES string of the molecule is CC/C=C\C/C=C\C/C=C\C/C=C\CCC(=O)OC(COC(=O)CCCCCCC/C=C\CCC)COP(=O)([O-])OCC[N+](C)(C)C. The molecule has 0 fully saturated rings. The molecule has 0 aromatic rings. The second-order valence-corrected chi connectivity index (χ2v) is 13.9. The minimum Gasteiger partial charge on any atom is -0.756 e. The Morgan fingerprint density at radius 3 is 1.89 bits per heavy atom. The number of quaternary nitrogens is 1. The number of carbonyl (C=O) groups excluding carboxylic acids is 2. The number of esters is 2. The zero-order valence-corrected chi connectivity index (χ0v) is 30.8. The number of likely N-dealkylation sites (N-methyl/N-ethyl adjacent to an activating group) is 1. The number of ether oxygens (including phenoxy) is 2. The molecule has 0 rings (SSSR count). The van der Waals surface area contributed by atoms with E-state index < -0.39 is 32.5 Å². The van der Waals surface area contributed by atoms with Gasteiger partial charge in [-0.25, -0.2) is 0 Å². The maximum Gasteiger partial charge on any atom is 0.306 e. The molecule has 0 heterocycles. The van der Waals surface area contributed by atoms with Gasteiger partial charge in [-0.3, -0.25) is 14.2 Å². The molecule has 0 saturated carbocycles. The van der Waals surface area contributed by atoms with Crippen LogP contribution in [0.1, 0.15) is 110 Å². The summed E-state index contributed by atoms with van der Waals surface area (Å²) in [6.45, 7) is 3.90. The van der Waals surface area contributed by atoms with Gasteiger partial charge in [0.2, 0.25) is 0 Å². The quantitative estimate of drug-likeness (QED) is 0.0245. The van der Waals surface area contributed by atoms with E-state index in [0.717, 1.165) is 64.2 Å². The van der Waals surface area contributed by atoms with Crippen molar-refractivity contribution in [1.82, 2.24) is 0 Å². The van der Waals surface area contributed by atoms with Crippen molar-refractivity contribution in [2.45, 2.75) is 116 Å². The first-order chi connectivity index (χ1) is 22.5. The highest BCUT2D eigenvalue weighted by Crippen LogP contribution is 2.38. The van der Waals surface area contributed by atoms with Crippen LogP contribution in [-0.2, 0) is 32.7 Å². The van der Waals surface area contributed by atoms with Crippen LogP contribution in [0.4, 0.5) is 0 Å². The van der Waals surface area contributed by atoms with E-state index in [4.69, 9.17) is 18.5 Å². The van der Waals surface area contributed by atoms with Crippen molar-refractivity contribution in [2.24, 2.45) is 0 Å². The van der Waals surface area contributed by atoms with Crippen LogP contribution in [0.2, 0.25) is 0 Å². The van der Waals surface area contributed by atoms with Crippen molar-refractivity contribution in [3.05, 3.63) is 60.8 Å². The summed E-state index contributed by atoms with van der Waals surface area (Å²) in [4.78, 5) is 37.1. The summed E-state index contributed by atoms with van der Waals surface area (Å²) < 4.78 is 33.5. The Kier molecular flexibility index (Phi) is 28.4. The second-order valence-electron chi connectivity index (χ2n) is 12.5. The molecule has 0 saturated heterocycles. The number of phosphoric acid groups is 1. The molecule has 270 valence electrons. The Bertz CT molecular complexity index is 997. The van der Waals surface area contributed by atoms with Gasteiger partial charge in [-0.05, 0) is 57.8 Å². The molecule has 0 radical (unpaired) electrons. The minimum atomic E-state index is -4.63. The highest BCUT2D eigenvalue weighted by atomic mass is 31.2. The molecule has 10 heteroatoms. The fourth-order valence-corrected chi connectivity index (χ4v) is 4.75. The van der Waals surface area contributed by atoms with Crippen LogP contribution in [0, 0.1) is 0 Å². The van der Waals surface area contributed by atoms with E-state index in [-0.39, 0.29) is 26.1 Å². The summed E-state index contributed by atoms with van der Waals surface area (Å²) in [5, 5.41) is 0. The van der Waals surface area contributed by atoms with Gasteiger partial charge in [0.15, 0.2) is 6.10 Å². The Morgan fingerprint density at radius 1 is 0.681 bits per heavy atom. The van der Waals surface area contributed by atoms with E-state index in [9.17, 15) is 19.0 Å². The topological polar surface area (TPSA) is 111 Å². The van der Waals surface area contributed by atoms with Crippen molar-refractivity contribution in [3.63, 3.8) is 0 Å². The molecular weight excluding hydrogens is 617 g/mol. The van der Waals surface area contributed by atoms with E-state index in [1.165, 1.54) is 6.42 Å². The first-order valence-electron chi connectivity index (χ1n) is 17.5. The number of carbonyl (C=O) groups is 2. The molecule has 0 amide bonds. The average molecular weight is 682 g/mol. The number of allylic oxidation sites excluding steroid dienone is 10. The lowest BCUT2D eigenvalue weighted by Crippen LogP contribution is -2.37. The number of hydrogen-bond acceptors (Lipinski definition) is 8. The van der Waals surface area contributed by atoms with Crippen molar-refractivity contribution in [1.29, 1.82) is 0 Å². The Balaban J connectivity index is 4.64. The number of unbranched alkanes of at least 4 members (excludes halogenated alkanes) is 6. The fourth-order valence-electron chi connectivity index (χ4n) is 4.02. The van der Waals surface area contributed by atoms with Gasteiger partial charge in [-0.1, -0.05) is 100 Å². The molecule has 0 aromatic heterocycles. The van der Waals surface area contributed by atoms with Crippen molar-refractivity contribution in [3.8, 4) is 0 Å². The lowest BCUT2D eigenvalue weighted by molar-refractivity contribution is -0.870. The van der Waals surface area contributed by atoms with Crippen LogP contribution in [0.25, 0.3) is 0 Å². The highest BCUT2D eigenvalue weighted by molar-refractivity contribution is 7.45. The molecule has 0 bridgehead atoms. The van der Waals surface area contributed by atoms with E-state index in [1.807, 2.05) is 33.3 Å². The zero-order valence-electron chi connectivity index (χ0n) is 29.9. The van der Waals surface area contributed by atoms with Crippen LogP contribution in [-0.4, -0.2) is 70.0 Å². The minimum absolute atomic E-state index is 0.0475. The van der Waals surface area contributed by atoms with Crippen LogP contribution < -0.4 is 4.89 Å². The van der Waals surface area contributed by atoms with Gasteiger partial charge in [0, 0.05) is 12.8 Å². The molecule has 0 N–H and O–H groups in total. The summed E-state index contributed by atoms with van der Waals surface area (Å²) in [6.07, 6.45) is 32.8. The van der Waals surface area contributed by atoms with E-state index in [2.05, 4.69) is 62.5 Å². The maximum atomic E-state index is 12.5. The van der Waals surface area contributed by atoms with Crippen LogP contribution >= 0.6 is 7.82 Å². The lowest BCUT2D eigenvalue weighted by Gasteiger charge is -2.28. The molecule has 0 aliphatic carbocycles. The van der Waals surface area contributed by atoms with Gasteiger partial charge in [0.1, 0.15) is 19.8 Å². The van der Waals surface area contributed by atoms with E-state index in [0.29, 0.717) is 23.9 Å². The summed E-state index contributed by atoms with van der Waals surface area (Å²) in [5.41, 5.74) is 0. The van der Waals surface area contributed by atoms with E-state index in [1.54, 1.807) is 0 Å². The molecule has 0 aliphatic heterocycles. The Morgan fingerprint density at radius 2 is 1.26 bits per heavy atom. The monoisotopic (exact) mass is 681 g/mol. The standard InChI is InChI=1S/C37H64NO8P/c1-6-8-10-12-14-16-18-19-20-22-24-26-28-30-37(40)46-35(34-45-47(41,42)44-32-31-38(3,4)5)33-43-36(39)29-27-25-23-21-17-15-13-11-9-7-2/h8,10-11,13-14,16,19-20,24,26,35H,6-7,9,12,15,17-18,21-23,25,27-34H2,1-5H3/b10-8-,13-11-,16-14-,20-19-,26-24-. The van der Waals surface area contributed by atoms with Crippen molar-refractivity contribution in [2.75, 3.05) is 47.5 Å². The third-order valence-corrected chi connectivity index (χ3v) is 7.73. The van der Waals surface area contributed by atoms with Gasteiger partial charge >= 0.3 is 11.9 Å². The number of hydrogen-bond donors (Lipinski definition) is 0. The second kappa shape index (κ2) is 29.8. The number of rotatable bonds is 30. The third-order valence-electron chi connectivity index (χ3n) is 6.77. The van der Waals surface area contributed by atoms with Crippen LogP contribution in [0.3, 0.4) is 0 Å².